The van der Waals surface area contributed by atoms with E-state index in [-0.39, 0.29) is 6.61 Å². The maximum Gasteiger partial charge on any atom is 0.142 e. The van der Waals surface area contributed by atoms with Crippen molar-refractivity contribution >= 4 is 39.1 Å². The molecule has 4 nitrogen and oxygen atoms in total. The second-order valence-electron chi connectivity index (χ2n) is 4.18. The van der Waals surface area contributed by atoms with Gasteiger partial charge in [0, 0.05) is 13.2 Å². The van der Waals surface area contributed by atoms with Gasteiger partial charge in [-0.1, -0.05) is 6.92 Å². The Morgan fingerprint density at radius 1 is 1.42 bits per heavy atom. The number of nitrogens with zero attached hydrogens (tertiary/aromatic N) is 2. The Bertz CT molecular complexity index is 516. The Morgan fingerprint density at radius 3 is 3.11 bits per heavy atom. The van der Waals surface area contributed by atoms with E-state index in [1.54, 1.807) is 23.1 Å². The van der Waals surface area contributed by atoms with Crippen LogP contribution in [0.4, 0.5) is 5.82 Å². The third kappa shape index (κ3) is 4.06. The van der Waals surface area contributed by atoms with Gasteiger partial charge in [-0.3, -0.25) is 0 Å². The Kier molecular flexibility index (Phi) is 5.88. The molecule has 2 aromatic rings. The SMILES string of the molecule is CCCNc1nc(CSCCCO)nc2sccc12. The maximum atomic E-state index is 8.77. The molecule has 2 rings (SSSR count). The highest BCUT2D eigenvalue weighted by Gasteiger charge is 2.08. The molecular weight excluding hydrogens is 278 g/mol. The molecule has 2 aromatic heterocycles. The predicted octanol–water partition coefficient (Wildman–Crippen LogP) is 3.13. The van der Waals surface area contributed by atoms with Crippen LogP contribution in [0, 0.1) is 0 Å². The predicted molar refractivity (Wildman–Crippen MR) is 84.1 cm³/mol. The fourth-order valence-corrected chi connectivity index (χ4v) is 3.24. The van der Waals surface area contributed by atoms with Crippen LogP contribution in [0.25, 0.3) is 10.2 Å². The van der Waals surface area contributed by atoms with Crippen molar-refractivity contribution in [2.75, 3.05) is 24.2 Å². The zero-order chi connectivity index (χ0) is 13.5. The van der Waals surface area contributed by atoms with E-state index in [4.69, 9.17) is 5.11 Å². The quantitative estimate of drug-likeness (QED) is 0.733. The summed E-state index contributed by atoms with van der Waals surface area (Å²) in [6.07, 6.45) is 1.91. The van der Waals surface area contributed by atoms with E-state index >= 15 is 0 Å². The molecule has 0 aliphatic heterocycles. The van der Waals surface area contributed by atoms with Gasteiger partial charge in [0.15, 0.2) is 0 Å². The molecule has 0 saturated carbocycles. The van der Waals surface area contributed by atoms with Crippen molar-refractivity contribution in [1.82, 2.24) is 9.97 Å². The smallest absolute Gasteiger partial charge is 0.142 e. The lowest BCUT2D eigenvalue weighted by Gasteiger charge is -2.07. The van der Waals surface area contributed by atoms with E-state index in [0.29, 0.717) is 0 Å². The summed E-state index contributed by atoms with van der Waals surface area (Å²) >= 11 is 3.42. The summed E-state index contributed by atoms with van der Waals surface area (Å²) in [6, 6.07) is 2.07. The average molecular weight is 297 g/mol. The van der Waals surface area contributed by atoms with Gasteiger partial charge in [-0.05, 0) is 30.0 Å². The average Bonchev–Trinajstić information content (AvgIpc) is 2.89. The Hall–Kier alpha value is -0.850. The molecule has 2 N–H and O–H groups in total. The first-order valence-corrected chi connectivity index (χ1v) is 8.55. The van der Waals surface area contributed by atoms with Crippen molar-refractivity contribution in [3.05, 3.63) is 17.3 Å². The summed E-state index contributed by atoms with van der Waals surface area (Å²) in [5, 5.41) is 15.3. The summed E-state index contributed by atoms with van der Waals surface area (Å²) in [6.45, 7) is 3.32. The number of fused-ring (bicyclic) bond motifs is 1. The van der Waals surface area contributed by atoms with E-state index in [9.17, 15) is 0 Å². The van der Waals surface area contributed by atoms with Crippen LogP contribution in [0.15, 0.2) is 11.4 Å². The minimum Gasteiger partial charge on any atom is -0.396 e. The van der Waals surface area contributed by atoms with Crippen molar-refractivity contribution in [3.8, 4) is 0 Å². The van der Waals surface area contributed by atoms with Gasteiger partial charge >= 0.3 is 0 Å². The van der Waals surface area contributed by atoms with Gasteiger partial charge in [-0.25, -0.2) is 9.97 Å². The van der Waals surface area contributed by atoms with Gasteiger partial charge in [0.2, 0.25) is 0 Å². The van der Waals surface area contributed by atoms with E-state index in [1.807, 2.05) is 0 Å². The molecule has 0 bridgehead atoms. The van der Waals surface area contributed by atoms with Crippen LogP contribution < -0.4 is 5.32 Å². The lowest BCUT2D eigenvalue weighted by atomic mass is 10.3. The van der Waals surface area contributed by atoms with E-state index in [1.165, 1.54) is 0 Å². The fraction of sp³-hybridized carbons (Fsp3) is 0.538. The number of hydrogen-bond donors (Lipinski definition) is 2. The van der Waals surface area contributed by atoms with Gasteiger partial charge in [0.05, 0.1) is 11.1 Å². The molecule has 0 aromatic carbocycles. The maximum absolute atomic E-state index is 8.77. The number of rotatable bonds is 8. The first kappa shape index (κ1) is 14.6. The second-order valence-corrected chi connectivity index (χ2v) is 6.18. The zero-order valence-corrected chi connectivity index (χ0v) is 12.7. The Morgan fingerprint density at radius 2 is 2.32 bits per heavy atom. The van der Waals surface area contributed by atoms with Crippen LogP contribution in [0.2, 0.25) is 0 Å². The lowest BCUT2D eigenvalue weighted by Crippen LogP contribution is -2.05. The van der Waals surface area contributed by atoms with Crippen LogP contribution in [0.1, 0.15) is 25.6 Å². The summed E-state index contributed by atoms with van der Waals surface area (Å²) in [5.74, 6) is 3.57. The molecule has 0 amide bonds. The molecule has 6 heteroatoms. The fourth-order valence-electron chi connectivity index (χ4n) is 1.67. The van der Waals surface area contributed by atoms with Crippen molar-refractivity contribution in [1.29, 1.82) is 0 Å². The first-order valence-electron chi connectivity index (χ1n) is 6.51. The van der Waals surface area contributed by atoms with Crippen LogP contribution in [-0.2, 0) is 5.75 Å². The Balaban J connectivity index is 2.10. The molecule has 0 aliphatic carbocycles. The Labute approximate surface area is 121 Å². The molecule has 0 atom stereocenters. The minimum atomic E-state index is 0.251. The molecule has 104 valence electrons. The normalized spacial score (nSPS) is 11.1. The van der Waals surface area contributed by atoms with Gasteiger partial charge < -0.3 is 10.4 Å². The molecule has 2 heterocycles. The number of anilines is 1. The van der Waals surface area contributed by atoms with Gasteiger partial charge in [0.25, 0.3) is 0 Å². The van der Waals surface area contributed by atoms with Crippen LogP contribution in [-0.4, -0.2) is 34.0 Å². The van der Waals surface area contributed by atoms with Crippen LogP contribution in [0.5, 0.6) is 0 Å². The highest BCUT2D eigenvalue weighted by molar-refractivity contribution is 7.98. The van der Waals surface area contributed by atoms with Crippen molar-refractivity contribution in [2.24, 2.45) is 0 Å². The van der Waals surface area contributed by atoms with Crippen LogP contribution >= 0.6 is 23.1 Å². The molecule has 0 spiro atoms. The number of aliphatic hydroxyl groups excluding tert-OH is 1. The monoisotopic (exact) mass is 297 g/mol. The van der Waals surface area contributed by atoms with Gasteiger partial charge in [-0.2, -0.15) is 11.8 Å². The topological polar surface area (TPSA) is 58.0 Å². The van der Waals surface area contributed by atoms with Crippen molar-refractivity contribution in [3.63, 3.8) is 0 Å². The summed E-state index contributed by atoms with van der Waals surface area (Å²) in [7, 11) is 0. The molecule has 0 radical (unpaired) electrons. The van der Waals surface area contributed by atoms with E-state index < -0.39 is 0 Å². The van der Waals surface area contributed by atoms with Gasteiger partial charge in [-0.15, -0.1) is 11.3 Å². The number of aliphatic hydroxyl groups is 1. The molecular formula is C13H19N3OS2. The first-order chi connectivity index (χ1) is 9.35. The van der Waals surface area contributed by atoms with E-state index in [2.05, 4.69) is 33.7 Å². The molecule has 0 aliphatic rings. The summed E-state index contributed by atoms with van der Waals surface area (Å²) in [4.78, 5) is 10.2. The van der Waals surface area contributed by atoms with Crippen molar-refractivity contribution in [2.45, 2.75) is 25.5 Å². The third-order valence-corrected chi connectivity index (χ3v) is 4.44. The molecule has 0 fully saturated rings. The number of hydrogen-bond acceptors (Lipinski definition) is 6. The minimum absolute atomic E-state index is 0.251. The highest BCUT2D eigenvalue weighted by atomic mass is 32.2. The van der Waals surface area contributed by atoms with Crippen molar-refractivity contribution < 1.29 is 5.11 Å². The molecule has 19 heavy (non-hydrogen) atoms. The lowest BCUT2D eigenvalue weighted by molar-refractivity contribution is 0.296. The summed E-state index contributed by atoms with van der Waals surface area (Å²) in [5.41, 5.74) is 0. The third-order valence-electron chi connectivity index (χ3n) is 2.59. The number of aromatic nitrogens is 2. The standard InChI is InChI=1S/C13H19N3OS2/c1-2-5-14-12-10-4-8-19-13(10)16-11(15-12)9-18-7-3-6-17/h4,8,17H,2-3,5-7,9H2,1H3,(H,14,15,16). The van der Waals surface area contributed by atoms with Gasteiger partial charge in [0.1, 0.15) is 16.5 Å². The number of nitrogens with one attached hydrogen (secondary N) is 1. The van der Waals surface area contributed by atoms with E-state index in [0.717, 1.165) is 52.8 Å². The number of thiophene rings is 1. The molecule has 0 saturated heterocycles. The summed E-state index contributed by atoms with van der Waals surface area (Å²) < 4.78 is 0. The zero-order valence-electron chi connectivity index (χ0n) is 11.1. The van der Waals surface area contributed by atoms with Crippen LogP contribution in [0.3, 0.4) is 0 Å². The highest BCUT2D eigenvalue weighted by Crippen LogP contribution is 2.26. The number of thioether (sulfide) groups is 1. The second kappa shape index (κ2) is 7.67. The largest absolute Gasteiger partial charge is 0.396 e. The molecule has 0 unspecified atom stereocenters.